The molecule has 0 amide bonds. The average molecular weight is 483 g/mol. The third-order valence-electron chi connectivity index (χ3n) is 6.54. The van der Waals surface area contributed by atoms with E-state index >= 15 is 0 Å². The Morgan fingerprint density at radius 2 is 1.67 bits per heavy atom. The summed E-state index contributed by atoms with van der Waals surface area (Å²) in [6.07, 6.45) is 7.35. The Kier molecular flexibility index (Phi) is 6.34. The van der Waals surface area contributed by atoms with Gasteiger partial charge in [0.25, 0.3) is 9.84 Å². The van der Waals surface area contributed by atoms with Crippen LogP contribution in [-0.2, 0) is 16.4 Å². The first-order valence-electron chi connectivity index (χ1n) is 11.1. The first kappa shape index (κ1) is 23.8. The maximum absolute atomic E-state index is 12.8. The van der Waals surface area contributed by atoms with Gasteiger partial charge in [-0.25, -0.2) is 8.42 Å². The van der Waals surface area contributed by atoms with E-state index in [4.69, 9.17) is 0 Å². The van der Waals surface area contributed by atoms with Gasteiger partial charge in [0.1, 0.15) is 0 Å². The monoisotopic (exact) mass is 482 g/mol. The Bertz CT molecular complexity index is 1080. The normalized spacial score (nSPS) is 19.8. The van der Waals surface area contributed by atoms with Crippen LogP contribution in [0, 0.1) is 0 Å². The molecular formula is C23H29F3N4O2S. The molecule has 0 spiro atoms. The van der Waals surface area contributed by atoms with Crippen LogP contribution in [0.15, 0.2) is 47.6 Å². The van der Waals surface area contributed by atoms with Crippen molar-refractivity contribution in [2.75, 3.05) is 36.1 Å². The lowest BCUT2D eigenvalue weighted by Crippen LogP contribution is -2.40. The van der Waals surface area contributed by atoms with Gasteiger partial charge in [0.15, 0.2) is 0 Å². The van der Waals surface area contributed by atoms with Gasteiger partial charge in [-0.2, -0.15) is 13.2 Å². The molecule has 0 saturated carbocycles. The Morgan fingerprint density at radius 1 is 1.00 bits per heavy atom. The molecule has 10 heteroatoms. The number of benzene rings is 1. The molecule has 1 aromatic heterocycles. The van der Waals surface area contributed by atoms with Crippen LogP contribution in [0.25, 0.3) is 0 Å². The van der Waals surface area contributed by atoms with E-state index in [2.05, 4.69) is 39.6 Å². The van der Waals surface area contributed by atoms with Gasteiger partial charge in [-0.3, -0.25) is 9.88 Å². The summed E-state index contributed by atoms with van der Waals surface area (Å²) >= 11 is 0. The fourth-order valence-electron chi connectivity index (χ4n) is 4.60. The average Bonchev–Trinajstić information content (AvgIpc) is 3.08. The standard InChI is InChI=1S/C23H29F3N4O2S/c1-22(2)16-29(19-6-8-20(9-7-19)33(31,32)23(24,25)26)17-30(22)15-18-10-11-27-14-21(18)28-12-4-3-5-13-28/h6-11,14H,3-5,12-13,15-17H2,1-2H3. The smallest absolute Gasteiger partial charge is 0.370 e. The molecule has 0 atom stereocenters. The molecule has 0 radical (unpaired) electrons. The molecule has 4 rings (SSSR count). The van der Waals surface area contributed by atoms with Gasteiger partial charge in [-0.15, -0.1) is 0 Å². The Labute approximate surface area is 192 Å². The number of hydrogen-bond donors (Lipinski definition) is 0. The summed E-state index contributed by atoms with van der Waals surface area (Å²) in [4.78, 5) is 10.4. The lowest BCUT2D eigenvalue weighted by Gasteiger charge is -2.33. The van der Waals surface area contributed by atoms with Crippen molar-refractivity contribution in [3.63, 3.8) is 0 Å². The largest absolute Gasteiger partial charge is 0.501 e. The lowest BCUT2D eigenvalue weighted by atomic mass is 10.0. The van der Waals surface area contributed by atoms with Crippen LogP contribution in [0.2, 0.25) is 0 Å². The molecule has 2 aliphatic rings. The van der Waals surface area contributed by atoms with Gasteiger partial charge in [0.05, 0.1) is 23.4 Å². The zero-order chi connectivity index (χ0) is 23.9. The topological polar surface area (TPSA) is 56.8 Å². The SMILES string of the molecule is CC1(C)CN(c2ccc(S(=O)(=O)C(F)(F)F)cc2)CN1Cc1ccncc1N1CCCCC1. The van der Waals surface area contributed by atoms with Crippen LogP contribution >= 0.6 is 0 Å². The Hall–Kier alpha value is -2.33. The lowest BCUT2D eigenvalue weighted by molar-refractivity contribution is -0.0436. The highest BCUT2D eigenvalue weighted by Gasteiger charge is 2.47. The van der Waals surface area contributed by atoms with Crippen LogP contribution in [-0.4, -0.2) is 55.7 Å². The highest BCUT2D eigenvalue weighted by atomic mass is 32.2. The predicted molar refractivity (Wildman–Crippen MR) is 122 cm³/mol. The number of pyridine rings is 1. The van der Waals surface area contributed by atoms with E-state index < -0.39 is 20.2 Å². The molecule has 2 fully saturated rings. The minimum atomic E-state index is -5.35. The first-order chi connectivity index (χ1) is 15.5. The van der Waals surface area contributed by atoms with E-state index in [0.29, 0.717) is 18.9 Å². The number of alkyl halides is 3. The van der Waals surface area contributed by atoms with Crippen molar-refractivity contribution in [3.8, 4) is 0 Å². The Balaban J connectivity index is 1.52. The molecule has 0 unspecified atom stereocenters. The number of sulfone groups is 1. The van der Waals surface area contributed by atoms with Crippen LogP contribution < -0.4 is 9.80 Å². The number of anilines is 2. The van der Waals surface area contributed by atoms with Crippen molar-refractivity contribution >= 4 is 21.2 Å². The van der Waals surface area contributed by atoms with Gasteiger partial charge in [-0.05, 0) is 69.0 Å². The van der Waals surface area contributed by atoms with E-state index in [1.54, 1.807) is 0 Å². The predicted octanol–water partition coefficient (Wildman–Crippen LogP) is 4.42. The third-order valence-corrected chi connectivity index (χ3v) is 8.04. The number of hydrogen-bond acceptors (Lipinski definition) is 6. The molecule has 6 nitrogen and oxygen atoms in total. The fraction of sp³-hybridized carbons (Fsp3) is 0.522. The molecule has 1 aromatic carbocycles. The van der Waals surface area contributed by atoms with Gasteiger partial charge in [0, 0.05) is 43.6 Å². The number of aromatic nitrogens is 1. The van der Waals surface area contributed by atoms with Crippen LogP contribution in [0.3, 0.4) is 0 Å². The first-order valence-corrected chi connectivity index (χ1v) is 12.6. The molecule has 0 N–H and O–H groups in total. The highest BCUT2D eigenvalue weighted by Crippen LogP contribution is 2.35. The van der Waals surface area contributed by atoms with E-state index in [0.717, 1.165) is 37.5 Å². The molecule has 2 aliphatic heterocycles. The Morgan fingerprint density at radius 3 is 2.30 bits per heavy atom. The summed E-state index contributed by atoms with van der Waals surface area (Å²) in [5, 5.41) is 0. The quantitative estimate of drug-likeness (QED) is 0.629. The minimum Gasteiger partial charge on any atom is -0.370 e. The number of rotatable bonds is 5. The number of nitrogens with zero attached hydrogens (tertiary/aromatic N) is 4. The molecule has 2 aromatic rings. The van der Waals surface area contributed by atoms with Gasteiger partial charge >= 0.3 is 5.51 Å². The fourth-order valence-corrected chi connectivity index (χ4v) is 5.36. The van der Waals surface area contributed by atoms with Gasteiger partial charge in [0.2, 0.25) is 0 Å². The second-order valence-corrected chi connectivity index (χ2v) is 11.3. The summed E-state index contributed by atoms with van der Waals surface area (Å²) in [6.45, 7) is 8.30. The van der Waals surface area contributed by atoms with Crippen molar-refractivity contribution in [1.82, 2.24) is 9.88 Å². The molecule has 3 heterocycles. The number of piperidine rings is 1. The van der Waals surface area contributed by atoms with Crippen LogP contribution in [0.5, 0.6) is 0 Å². The maximum Gasteiger partial charge on any atom is 0.501 e. The summed E-state index contributed by atoms with van der Waals surface area (Å²) in [5.41, 5.74) is -2.43. The minimum absolute atomic E-state index is 0.181. The zero-order valence-corrected chi connectivity index (χ0v) is 19.7. The molecule has 0 aliphatic carbocycles. The molecule has 180 valence electrons. The van der Waals surface area contributed by atoms with Gasteiger partial charge in [-0.1, -0.05) is 0 Å². The second kappa shape index (κ2) is 8.79. The van der Waals surface area contributed by atoms with Crippen molar-refractivity contribution in [3.05, 3.63) is 48.3 Å². The van der Waals surface area contributed by atoms with E-state index in [9.17, 15) is 21.6 Å². The van der Waals surface area contributed by atoms with E-state index in [1.807, 2.05) is 12.4 Å². The molecule has 33 heavy (non-hydrogen) atoms. The van der Waals surface area contributed by atoms with Crippen molar-refractivity contribution in [2.45, 2.75) is 55.6 Å². The molecule has 0 bridgehead atoms. The maximum atomic E-state index is 12.8. The summed E-state index contributed by atoms with van der Waals surface area (Å²) < 4.78 is 61.8. The molecular weight excluding hydrogens is 453 g/mol. The summed E-state index contributed by atoms with van der Waals surface area (Å²) in [5.74, 6) is 0. The second-order valence-electron chi connectivity index (χ2n) is 9.34. The highest BCUT2D eigenvalue weighted by molar-refractivity contribution is 7.92. The summed E-state index contributed by atoms with van der Waals surface area (Å²) in [6, 6.07) is 7.02. The molecule has 2 saturated heterocycles. The van der Waals surface area contributed by atoms with Crippen molar-refractivity contribution < 1.29 is 21.6 Å². The summed E-state index contributed by atoms with van der Waals surface area (Å²) in [7, 11) is -5.35. The van der Waals surface area contributed by atoms with E-state index in [-0.39, 0.29) is 5.54 Å². The van der Waals surface area contributed by atoms with Crippen molar-refractivity contribution in [2.24, 2.45) is 0 Å². The zero-order valence-electron chi connectivity index (χ0n) is 18.8. The third kappa shape index (κ3) is 4.82. The van der Waals surface area contributed by atoms with Crippen LogP contribution in [0.4, 0.5) is 24.5 Å². The number of halogens is 3. The van der Waals surface area contributed by atoms with E-state index in [1.165, 1.54) is 37.0 Å². The van der Waals surface area contributed by atoms with Gasteiger partial charge < -0.3 is 9.80 Å². The van der Waals surface area contributed by atoms with Crippen LogP contribution in [0.1, 0.15) is 38.7 Å². The van der Waals surface area contributed by atoms with Crippen molar-refractivity contribution in [1.29, 1.82) is 0 Å².